The van der Waals surface area contributed by atoms with E-state index in [1.807, 2.05) is 0 Å². The molecule has 1 N–H and O–H groups in total. The van der Waals surface area contributed by atoms with Crippen LogP contribution in [-0.4, -0.2) is 17.1 Å². The van der Waals surface area contributed by atoms with Crippen molar-refractivity contribution in [3.63, 3.8) is 0 Å². The molecule has 1 aliphatic heterocycles. The number of hydrogen-bond acceptors (Lipinski definition) is 2. The van der Waals surface area contributed by atoms with Gasteiger partial charge in [0.05, 0.1) is 0 Å². The lowest BCUT2D eigenvalue weighted by Gasteiger charge is -2.42. The lowest BCUT2D eigenvalue weighted by Crippen LogP contribution is -2.53. The van der Waals surface area contributed by atoms with Crippen molar-refractivity contribution < 1.29 is 0 Å². The van der Waals surface area contributed by atoms with E-state index in [2.05, 4.69) is 68.5 Å². The van der Waals surface area contributed by atoms with Gasteiger partial charge in [0.15, 0.2) is 0 Å². The Morgan fingerprint density at radius 2 is 1.63 bits per heavy atom. The molecule has 1 aromatic rings. The van der Waals surface area contributed by atoms with Crippen LogP contribution >= 0.6 is 0 Å². The first-order valence-electron chi connectivity index (χ1n) is 7.69. The molecule has 0 spiro atoms. The average Bonchev–Trinajstić information content (AvgIpc) is 2.39. The Hall–Kier alpha value is -0.860. The molecule has 1 heterocycles. The number of piperidine rings is 1. The topological polar surface area (TPSA) is 15.3 Å². The van der Waals surface area contributed by atoms with Crippen LogP contribution in [0.25, 0.3) is 0 Å². The third kappa shape index (κ3) is 3.58. The molecule has 1 aromatic carbocycles. The van der Waals surface area contributed by atoms with Gasteiger partial charge in [-0.25, -0.2) is 10.4 Å². The molecule has 0 bridgehead atoms. The van der Waals surface area contributed by atoms with E-state index in [1.165, 1.54) is 24.8 Å². The summed E-state index contributed by atoms with van der Waals surface area (Å²) in [6, 6.07) is 12.5. The maximum absolute atomic E-state index is 3.80. The predicted molar refractivity (Wildman–Crippen MR) is 81.8 cm³/mol. The minimum absolute atomic E-state index is 0.407. The highest BCUT2D eigenvalue weighted by Gasteiger charge is 2.28. The fraction of sp³-hybridized carbons (Fsp3) is 0.647. The van der Waals surface area contributed by atoms with E-state index in [9.17, 15) is 0 Å². The second-order valence-corrected chi connectivity index (χ2v) is 6.30. The molecule has 0 radical (unpaired) electrons. The summed E-state index contributed by atoms with van der Waals surface area (Å²) in [6.07, 6.45) is 3.96. The lowest BCUT2D eigenvalue weighted by atomic mass is 9.95. The van der Waals surface area contributed by atoms with E-state index in [1.54, 1.807) is 0 Å². The average molecular weight is 260 g/mol. The molecule has 2 rings (SSSR count). The van der Waals surface area contributed by atoms with Gasteiger partial charge in [-0.1, -0.05) is 50.6 Å². The van der Waals surface area contributed by atoms with Gasteiger partial charge in [0, 0.05) is 18.1 Å². The summed E-state index contributed by atoms with van der Waals surface area (Å²) in [4.78, 5) is 0. The van der Waals surface area contributed by atoms with Crippen LogP contribution in [0.1, 0.15) is 58.6 Å². The van der Waals surface area contributed by atoms with Crippen molar-refractivity contribution in [1.29, 1.82) is 0 Å². The van der Waals surface area contributed by atoms with Crippen molar-refractivity contribution in [3.05, 3.63) is 35.9 Å². The minimum Gasteiger partial charge on any atom is -0.247 e. The molecule has 0 aromatic heterocycles. The third-order valence-corrected chi connectivity index (χ3v) is 4.31. The van der Waals surface area contributed by atoms with Crippen molar-refractivity contribution in [1.82, 2.24) is 10.4 Å². The van der Waals surface area contributed by atoms with Gasteiger partial charge in [-0.05, 0) is 38.2 Å². The van der Waals surface area contributed by atoms with Gasteiger partial charge < -0.3 is 0 Å². The molecule has 2 nitrogen and oxygen atoms in total. The van der Waals surface area contributed by atoms with Crippen LogP contribution in [-0.2, 0) is 0 Å². The normalized spacial score (nSPS) is 26.6. The molecule has 0 aliphatic carbocycles. The highest BCUT2D eigenvalue weighted by molar-refractivity contribution is 5.19. The van der Waals surface area contributed by atoms with E-state index in [4.69, 9.17) is 0 Å². The van der Waals surface area contributed by atoms with Gasteiger partial charge in [0.25, 0.3) is 0 Å². The number of hydrazine groups is 1. The molecule has 2 heteroatoms. The summed E-state index contributed by atoms with van der Waals surface area (Å²) in [7, 11) is 0. The van der Waals surface area contributed by atoms with Crippen molar-refractivity contribution in [3.8, 4) is 0 Å². The Morgan fingerprint density at radius 3 is 2.16 bits per heavy atom. The maximum Gasteiger partial charge on any atom is 0.0487 e. The molecule has 0 amide bonds. The smallest absolute Gasteiger partial charge is 0.0487 e. The van der Waals surface area contributed by atoms with Gasteiger partial charge in [0.2, 0.25) is 0 Å². The van der Waals surface area contributed by atoms with Crippen LogP contribution in [0.2, 0.25) is 0 Å². The third-order valence-electron chi connectivity index (χ3n) is 4.31. The number of rotatable bonds is 4. The first kappa shape index (κ1) is 14.5. The molecule has 19 heavy (non-hydrogen) atoms. The zero-order valence-corrected chi connectivity index (χ0v) is 12.8. The molecule has 1 fully saturated rings. The van der Waals surface area contributed by atoms with E-state index in [0.29, 0.717) is 24.0 Å². The Bertz CT molecular complexity index is 364. The largest absolute Gasteiger partial charge is 0.247 e. The van der Waals surface area contributed by atoms with E-state index in [-0.39, 0.29) is 0 Å². The molecule has 3 atom stereocenters. The van der Waals surface area contributed by atoms with Crippen LogP contribution in [0.5, 0.6) is 0 Å². The van der Waals surface area contributed by atoms with Crippen molar-refractivity contribution >= 4 is 0 Å². The number of benzene rings is 1. The van der Waals surface area contributed by atoms with E-state index >= 15 is 0 Å². The first-order chi connectivity index (χ1) is 9.09. The first-order valence-corrected chi connectivity index (χ1v) is 7.69. The fourth-order valence-electron chi connectivity index (χ4n) is 3.11. The molecule has 1 saturated heterocycles. The summed E-state index contributed by atoms with van der Waals surface area (Å²) in [6.45, 7) is 9.27. The SMILES string of the molecule is CC(C)C(NN1C(C)CCCC1C)c1ccccc1. The maximum atomic E-state index is 3.80. The molecule has 0 saturated carbocycles. The highest BCUT2D eigenvalue weighted by Crippen LogP contribution is 2.26. The van der Waals surface area contributed by atoms with Gasteiger partial charge >= 0.3 is 0 Å². The monoisotopic (exact) mass is 260 g/mol. The zero-order chi connectivity index (χ0) is 13.8. The van der Waals surface area contributed by atoms with E-state index in [0.717, 1.165) is 0 Å². The standard InChI is InChI=1S/C17H28N2/c1-13(2)17(16-11-6-5-7-12-16)18-19-14(3)9-8-10-15(19)4/h5-7,11-15,17-18H,8-10H2,1-4H3. The van der Waals surface area contributed by atoms with Crippen LogP contribution in [0, 0.1) is 5.92 Å². The summed E-state index contributed by atoms with van der Waals surface area (Å²) >= 11 is 0. The number of hydrogen-bond donors (Lipinski definition) is 1. The fourth-order valence-corrected chi connectivity index (χ4v) is 3.11. The Kier molecular flexibility index (Phi) is 5.00. The van der Waals surface area contributed by atoms with Gasteiger partial charge in [0.1, 0.15) is 0 Å². The predicted octanol–water partition coefficient (Wildman–Crippen LogP) is 4.15. The summed E-state index contributed by atoms with van der Waals surface area (Å²) in [5, 5.41) is 2.49. The highest BCUT2D eigenvalue weighted by atomic mass is 15.5. The second-order valence-electron chi connectivity index (χ2n) is 6.30. The van der Waals surface area contributed by atoms with Gasteiger partial charge in [-0.15, -0.1) is 0 Å². The summed E-state index contributed by atoms with van der Waals surface area (Å²) in [5.74, 6) is 0.587. The van der Waals surface area contributed by atoms with Crippen LogP contribution in [0.3, 0.4) is 0 Å². The Balaban J connectivity index is 2.12. The lowest BCUT2D eigenvalue weighted by molar-refractivity contribution is 0.0208. The van der Waals surface area contributed by atoms with Crippen molar-refractivity contribution in [2.24, 2.45) is 5.92 Å². The summed E-state index contributed by atoms with van der Waals surface area (Å²) in [5.41, 5.74) is 5.20. The Morgan fingerprint density at radius 1 is 1.05 bits per heavy atom. The summed E-state index contributed by atoms with van der Waals surface area (Å²) < 4.78 is 0. The molecule has 3 unspecified atom stereocenters. The zero-order valence-electron chi connectivity index (χ0n) is 12.8. The van der Waals surface area contributed by atoms with Crippen molar-refractivity contribution in [2.75, 3.05) is 0 Å². The van der Waals surface area contributed by atoms with Gasteiger partial charge in [-0.3, -0.25) is 0 Å². The van der Waals surface area contributed by atoms with E-state index < -0.39 is 0 Å². The molecule has 1 aliphatic rings. The minimum atomic E-state index is 0.407. The molecule has 106 valence electrons. The number of nitrogens with zero attached hydrogens (tertiary/aromatic N) is 1. The van der Waals surface area contributed by atoms with Crippen LogP contribution in [0.15, 0.2) is 30.3 Å². The van der Waals surface area contributed by atoms with Crippen LogP contribution in [0.4, 0.5) is 0 Å². The van der Waals surface area contributed by atoms with Crippen LogP contribution < -0.4 is 5.43 Å². The molecular weight excluding hydrogens is 232 g/mol. The van der Waals surface area contributed by atoms with Crippen molar-refractivity contribution in [2.45, 2.75) is 65.1 Å². The van der Waals surface area contributed by atoms with Gasteiger partial charge in [-0.2, -0.15) is 0 Å². The Labute approximate surface area is 118 Å². The second kappa shape index (κ2) is 6.53. The number of nitrogens with one attached hydrogen (secondary N) is 1. The molecular formula is C17H28N2. The quantitative estimate of drug-likeness (QED) is 0.875.